The fourth-order valence-electron chi connectivity index (χ4n) is 7.48. The molecular weight excluding hydrogens is 548 g/mol. The molecule has 3 nitrogen and oxygen atoms in total. The number of aromatic nitrogens is 2. The van der Waals surface area contributed by atoms with Crippen LogP contribution in [0.3, 0.4) is 0 Å². The van der Waals surface area contributed by atoms with Crippen LogP contribution in [-0.4, -0.2) is 9.13 Å². The number of fused-ring (bicyclic) bond motifs is 9. The van der Waals surface area contributed by atoms with E-state index in [0.29, 0.717) is 0 Å². The molecule has 0 aliphatic carbocycles. The van der Waals surface area contributed by atoms with Crippen LogP contribution in [0.25, 0.3) is 88.1 Å². The Balaban J connectivity index is 1.32. The molecule has 0 unspecified atom stereocenters. The smallest absolute Gasteiger partial charge is 0.213 e. The van der Waals surface area contributed by atoms with Gasteiger partial charge < -0.3 is 8.98 Å². The van der Waals surface area contributed by atoms with E-state index in [-0.39, 0.29) is 0 Å². The summed E-state index contributed by atoms with van der Waals surface area (Å²) in [5.41, 5.74) is 10.00. The monoisotopic (exact) mass is 574 g/mol. The van der Waals surface area contributed by atoms with Crippen molar-refractivity contribution < 1.29 is 4.42 Å². The van der Waals surface area contributed by atoms with Crippen molar-refractivity contribution in [2.24, 2.45) is 0 Å². The number of hydrogen-bond donors (Lipinski definition) is 0. The second kappa shape index (κ2) is 9.22. The molecule has 0 atom stereocenters. The highest BCUT2D eigenvalue weighted by atomic mass is 16.3. The first-order valence-electron chi connectivity index (χ1n) is 15.4. The number of nitrogens with zero attached hydrogens (tertiary/aromatic N) is 2. The van der Waals surface area contributed by atoms with Gasteiger partial charge >= 0.3 is 0 Å². The third kappa shape index (κ3) is 3.35. The maximum absolute atomic E-state index is 6.61. The fourth-order valence-corrected chi connectivity index (χ4v) is 7.48. The van der Waals surface area contributed by atoms with Gasteiger partial charge in [0.25, 0.3) is 0 Å². The average molecular weight is 575 g/mol. The second-order valence-electron chi connectivity index (χ2n) is 11.7. The van der Waals surface area contributed by atoms with Gasteiger partial charge in [-0.15, -0.1) is 0 Å². The summed E-state index contributed by atoms with van der Waals surface area (Å²) < 4.78 is 11.3. The Morgan fingerprint density at radius 1 is 0.356 bits per heavy atom. The predicted molar refractivity (Wildman–Crippen MR) is 188 cm³/mol. The molecule has 0 aliphatic rings. The molecule has 0 aliphatic heterocycles. The van der Waals surface area contributed by atoms with Crippen LogP contribution in [0.1, 0.15) is 0 Å². The largest absolute Gasteiger partial charge is 0.439 e. The van der Waals surface area contributed by atoms with E-state index >= 15 is 0 Å². The van der Waals surface area contributed by atoms with Gasteiger partial charge in [0, 0.05) is 32.6 Å². The number of hydrogen-bond acceptors (Lipinski definition) is 1. The van der Waals surface area contributed by atoms with Crippen LogP contribution in [0.4, 0.5) is 0 Å². The lowest BCUT2D eigenvalue weighted by atomic mass is 9.93. The zero-order chi connectivity index (χ0) is 29.5. The van der Waals surface area contributed by atoms with E-state index in [9.17, 15) is 0 Å². The van der Waals surface area contributed by atoms with Gasteiger partial charge in [-0.25, -0.2) is 0 Å². The summed E-state index contributed by atoms with van der Waals surface area (Å²) in [5, 5.41) is 8.45. The highest BCUT2D eigenvalue weighted by Gasteiger charge is 2.23. The van der Waals surface area contributed by atoms with Crippen molar-refractivity contribution in [2.45, 2.75) is 0 Å². The van der Waals surface area contributed by atoms with Gasteiger partial charge in [0.1, 0.15) is 5.58 Å². The molecule has 10 rings (SSSR count). The minimum atomic E-state index is 0.871. The zero-order valence-electron chi connectivity index (χ0n) is 24.3. The molecule has 0 amide bonds. The van der Waals surface area contributed by atoms with Crippen molar-refractivity contribution in [3.05, 3.63) is 158 Å². The molecule has 7 aromatic carbocycles. The SMILES string of the molecule is c1ccc(-n2c3cccc(-c4ccc(-n5c6ccccc6c6ccccc65)c5ccccc45)c3c3c4ccccc4oc32)cc1. The fraction of sp³-hybridized carbons (Fsp3) is 0. The lowest BCUT2D eigenvalue weighted by Gasteiger charge is -2.16. The van der Waals surface area contributed by atoms with E-state index < -0.39 is 0 Å². The predicted octanol–water partition coefficient (Wildman–Crippen LogP) is 11.4. The van der Waals surface area contributed by atoms with Crippen LogP contribution in [0.2, 0.25) is 0 Å². The zero-order valence-corrected chi connectivity index (χ0v) is 24.3. The molecule has 0 spiro atoms. The van der Waals surface area contributed by atoms with Gasteiger partial charge in [-0.05, 0) is 59.0 Å². The molecule has 3 heteroatoms. The molecule has 0 saturated heterocycles. The van der Waals surface area contributed by atoms with E-state index in [1.807, 2.05) is 6.07 Å². The molecule has 0 saturated carbocycles. The molecule has 0 N–H and O–H groups in total. The van der Waals surface area contributed by atoms with Gasteiger partial charge in [-0.3, -0.25) is 4.57 Å². The van der Waals surface area contributed by atoms with Crippen LogP contribution in [-0.2, 0) is 0 Å². The van der Waals surface area contributed by atoms with E-state index in [1.54, 1.807) is 0 Å². The van der Waals surface area contributed by atoms with Crippen molar-refractivity contribution >= 4 is 65.6 Å². The van der Waals surface area contributed by atoms with Crippen LogP contribution >= 0.6 is 0 Å². The van der Waals surface area contributed by atoms with Crippen molar-refractivity contribution in [3.63, 3.8) is 0 Å². The highest BCUT2D eigenvalue weighted by molar-refractivity contribution is 6.25. The molecule has 210 valence electrons. The standard InChI is InChI=1S/C42H26N2O/c1-2-13-27(14-3-1)43-38-23-12-20-33(40(38)41-34-19-8-11-24-39(34)45-42(41)43)29-25-26-37(30-16-5-4-15-28(29)30)44-35-21-9-6-17-31(35)32-18-7-10-22-36(32)44/h1-26H. The van der Waals surface area contributed by atoms with Crippen molar-refractivity contribution in [1.29, 1.82) is 0 Å². The Bertz CT molecular complexity index is 2710. The van der Waals surface area contributed by atoms with Crippen molar-refractivity contribution in [2.75, 3.05) is 0 Å². The molecular formula is C42H26N2O. The minimum Gasteiger partial charge on any atom is -0.439 e. The van der Waals surface area contributed by atoms with E-state index in [4.69, 9.17) is 4.42 Å². The first-order valence-corrected chi connectivity index (χ1v) is 15.4. The van der Waals surface area contributed by atoms with Crippen LogP contribution in [0.5, 0.6) is 0 Å². The summed E-state index contributed by atoms with van der Waals surface area (Å²) in [6.07, 6.45) is 0. The Morgan fingerprint density at radius 3 is 1.71 bits per heavy atom. The number of rotatable bonds is 3. The van der Waals surface area contributed by atoms with Gasteiger partial charge in [0.05, 0.1) is 27.6 Å². The summed E-state index contributed by atoms with van der Waals surface area (Å²) >= 11 is 0. The maximum atomic E-state index is 6.61. The molecule has 0 fully saturated rings. The van der Waals surface area contributed by atoms with Crippen molar-refractivity contribution in [3.8, 4) is 22.5 Å². The summed E-state index contributed by atoms with van der Waals surface area (Å²) in [5.74, 6) is 0. The van der Waals surface area contributed by atoms with E-state index in [0.717, 1.165) is 33.3 Å². The third-order valence-electron chi connectivity index (χ3n) is 9.34. The normalized spacial score (nSPS) is 12.0. The topological polar surface area (TPSA) is 23.0 Å². The first-order chi connectivity index (χ1) is 22.4. The molecule has 45 heavy (non-hydrogen) atoms. The van der Waals surface area contributed by atoms with Crippen LogP contribution in [0, 0.1) is 0 Å². The lowest BCUT2D eigenvalue weighted by molar-refractivity contribution is 0.645. The summed E-state index contributed by atoms with van der Waals surface area (Å²) in [6, 6.07) is 56.4. The molecule has 3 heterocycles. The number of benzene rings is 7. The third-order valence-corrected chi connectivity index (χ3v) is 9.34. The van der Waals surface area contributed by atoms with E-state index in [2.05, 4.69) is 161 Å². The Labute approximate surface area is 258 Å². The Morgan fingerprint density at radius 2 is 0.956 bits per heavy atom. The van der Waals surface area contributed by atoms with Gasteiger partial charge in [-0.1, -0.05) is 115 Å². The van der Waals surface area contributed by atoms with Crippen LogP contribution in [0.15, 0.2) is 162 Å². The Hall–Kier alpha value is -6.06. The maximum Gasteiger partial charge on any atom is 0.213 e. The van der Waals surface area contributed by atoms with Crippen molar-refractivity contribution in [1.82, 2.24) is 9.13 Å². The number of furan rings is 1. The quantitative estimate of drug-likeness (QED) is 0.206. The summed E-state index contributed by atoms with van der Waals surface area (Å²) in [7, 11) is 0. The molecule has 3 aromatic heterocycles. The Kier molecular flexibility index (Phi) is 5.00. The van der Waals surface area contributed by atoms with Gasteiger partial charge in [0.2, 0.25) is 5.71 Å². The average Bonchev–Trinajstić information content (AvgIpc) is 3.75. The van der Waals surface area contributed by atoms with E-state index in [1.165, 1.54) is 54.8 Å². The number of para-hydroxylation sites is 4. The highest BCUT2D eigenvalue weighted by Crippen LogP contribution is 2.45. The summed E-state index contributed by atoms with van der Waals surface area (Å²) in [6.45, 7) is 0. The first kappa shape index (κ1) is 24.4. The van der Waals surface area contributed by atoms with Gasteiger partial charge in [0.15, 0.2) is 0 Å². The molecule has 0 radical (unpaired) electrons. The van der Waals surface area contributed by atoms with Crippen LogP contribution < -0.4 is 0 Å². The second-order valence-corrected chi connectivity index (χ2v) is 11.7. The summed E-state index contributed by atoms with van der Waals surface area (Å²) in [4.78, 5) is 0. The lowest BCUT2D eigenvalue weighted by Crippen LogP contribution is -1.96. The molecule has 10 aromatic rings. The molecule has 0 bridgehead atoms. The van der Waals surface area contributed by atoms with Gasteiger partial charge in [-0.2, -0.15) is 0 Å². The minimum absolute atomic E-state index is 0.871.